The number of hydrogen-bond acceptors (Lipinski definition) is 13. The Bertz CT molecular complexity index is 1400. The average molecular weight is 571 g/mol. The van der Waals surface area contributed by atoms with Crippen LogP contribution in [0, 0.1) is 10.1 Å². The number of anilines is 1. The van der Waals surface area contributed by atoms with Gasteiger partial charge in [0.25, 0.3) is 17.5 Å². The van der Waals surface area contributed by atoms with E-state index < -0.39 is 56.4 Å². The standard InChI is InChI=1S/C20H22N6O10S2/c1-10-14(17(28)25(10)38(32,33)34)23-16(27)15(13-9-37-19(21)22-13)24-36-20(2,3)18(29)35-8-11-4-6-12(7-5-11)26(30)31/h4-7,9-10,14H,8H2,1-3H3,(H2,21,22)(H,23,27)(H,32,33,34)/t10-,14+/m1/s1. The summed E-state index contributed by atoms with van der Waals surface area (Å²) < 4.78 is 37.1. The van der Waals surface area contributed by atoms with E-state index in [1.165, 1.54) is 50.4 Å². The molecule has 2 aromatic rings. The normalized spacial score (nSPS) is 17.9. The van der Waals surface area contributed by atoms with Gasteiger partial charge < -0.3 is 20.6 Å². The predicted molar refractivity (Wildman–Crippen MR) is 131 cm³/mol. The zero-order valence-corrected chi connectivity index (χ0v) is 21.7. The van der Waals surface area contributed by atoms with Crippen molar-refractivity contribution in [1.29, 1.82) is 0 Å². The van der Waals surface area contributed by atoms with Crippen LogP contribution in [0.2, 0.25) is 0 Å². The molecule has 18 heteroatoms. The minimum atomic E-state index is -4.80. The number of nitrogen functional groups attached to an aromatic ring is 1. The maximum atomic E-state index is 12.9. The van der Waals surface area contributed by atoms with Gasteiger partial charge in [-0.15, -0.1) is 11.3 Å². The number of carbonyl (C=O) groups excluding carboxylic acids is 3. The van der Waals surface area contributed by atoms with Crippen LogP contribution in [0.4, 0.5) is 10.8 Å². The maximum absolute atomic E-state index is 12.9. The number of hydrogen-bond donors (Lipinski definition) is 3. The first-order chi connectivity index (χ1) is 17.6. The summed E-state index contributed by atoms with van der Waals surface area (Å²) in [6.45, 7) is 3.68. The molecule has 0 saturated carbocycles. The topological polar surface area (TPSA) is 234 Å². The Morgan fingerprint density at radius 1 is 1.34 bits per heavy atom. The number of amides is 2. The van der Waals surface area contributed by atoms with Gasteiger partial charge in [0.15, 0.2) is 10.8 Å². The first-order valence-corrected chi connectivity index (χ1v) is 12.9. The third kappa shape index (κ3) is 6.21. The number of oxime groups is 1. The Kier molecular flexibility index (Phi) is 7.98. The molecule has 2 atom stereocenters. The van der Waals surface area contributed by atoms with E-state index in [0.717, 1.165) is 11.3 Å². The number of non-ortho nitro benzene ring substituents is 1. The van der Waals surface area contributed by atoms with E-state index >= 15 is 0 Å². The number of nitrogens with one attached hydrogen (secondary N) is 1. The predicted octanol–water partition coefficient (Wildman–Crippen LogP) is 0.395. The number of benzene rings is 1. The van der Waals surface area contributed by atoms with Crippen molar-refractivity contribution in [3.8, 4) is 0 Å². The molecule has 0 radical (unpaired) electrons. The van der Waals surface area contributed by atoms with E-state index in [-0.39, 0.29) is 27.4 Å². The minimum Gasteiger partial charge on any atom is -0.458 e. The van der Waals surface area contributed by atoms with Gasteiger partial charge in [0.2, 0.25) is 5.60 Å². The zero-order valence-electron chi connectivity index (χ0n) is 20.1. The van der Waals surface area contributed by atoms with Crippen molar-refractivity contribution in [2.45, 2.75) is 45.1 Å². The van der Waals surface area contributed by atoms with Crippen LogP contribution in [0.15, 0.2) is 34.8 Å². The summed E-state index contributed by atoms with van der Waals surface area (Å²) in [5.74, 6) is -2.95. The minimum absolute atomic E-state index is 0.0499. The summed E-state index contributed by atoms with van der Waals surface area (Å²) in [6.07, 6.45) is 0. The van der Waals surface area contributed by atoms with E-state index in [9.17, 15) is 32.9 Å². The highest BCUT2D eigenvalue weighted by Crippen LogP contribution is 2.24. The van der Waals surface area contributed by atoms with Crippen LogP contribution in [0.3, 0.4) is 0 Å². The Balaban J connectivity index is 1.72. The fourth-order valence-corrected chi connectivity index (χ4v) is 4.58. The number of nitro benzene ring substituents is 1. The second kappa shape index (κ2) is 10.7. The van der Waals surface area contributed by atoms with Gasteiger partial charge in [0.1, 0.15) is 18.3 Å². The molecule has 0 aliphatic carbocycles. The van der Waals surface area contributed by atoms with Gasteiger partial charge in [-0.05, 0) is 38.5 Å². The molecule has 3 rings (SSSR count). The first-order valence-electron chi connectivity index (χ1n) is 10.6. The number of β-lactam (4-membered cyclic amide) rings is 1. The molecule has 16 nitrogen and oxygen atoms in total. The highest BCUT2D eigenvalue weighted by atomic mass is 32.2. The van der Waals surface area contributed by atoms with Crippen molar-refractivity contribution >= 4 is 56.0 Å². The number of carbonyl (C=O) groups is 3. The molecule has 1 saturated heterocycles. The lowest BCUT2D eigenvalue weighted by molar-refractivity contribution is -0.384. The largest absolute Gasteiger partial charge is 0.458 e. The fraction of sp³-hybridized carbons (Fsp3) is 0.350. The van der Waals surface area contributed by atoms with Gasteiger partial charge >= 0.3 is 16.3 Å². The lowest BCUT2D eigenvalue weighted by Crippen LogP contribution is -2.71. The molecule has 2 heterocycles. The molecule has 1 aromatic heterocycles. The summed E-state index contributed by atoms with van der Waals surface area (Å²) in [4.78, 5) is 57.1. The van der Waals surface area contributed by atoms with E-state index in [2.05, 4.69) is 15.5 Å². The molecule has 1 fully saturated rings. The van der Waals surface area contributed by atoms with E-state index in [1.54, 1.807) is 0 Å². The number of esters is 1. The summed E-state index contributed by atoms with van der Waals surface area (Å²) >= 11 is 0.971. The van der Waals surface area contributed by atoms with Crippen molar-refractivity contribution in [2.75, 3.05) is 5.73 Å². The average Bonchev–Trinajstić information content (AvgIpc) is 3.26. The summed E-state index contributed by atoms with van der Waals surface area (Å²) in [5, 5.41) is 18.2. The Hall–Kier alpha value is -4.16. The van der Waals surface area contributed by atoms with Crippen LogP contribution in [0.25, 0.3) is 0 Å². The first kappa shape index (κ1) is 28.4. The number of ether oxygens (including phenoxy) is 1. The molecule has 2 amide bonds. The Morgan fingerprint density at radius 2 is 1.97 bits per heavy atom. The lowest BCUT2D eigenvalue weighted by atomic mass is 10.0. The number of nitrogens with zero attached hydrogens (tertiary/aromatic N) is 4. The molecule has 38 heavy (non-hydrogen) atoms. The Morgan fingerprint density at radius 3 is 2.47 bits per heavy atom. The summed E-state index contributed by atoms with van der Waals surface area (Å²) in [5.41, 5.74) is 3.72. The van der Waals surface area contributed by atoms with Crippen molar-refractivity contribution in [1.82, 2.24) is 14.6 Å². The molecule has 1 aliphatic heterocycles. The molecule has 1 aromatic carbocycles. The van der Waals surface area contributed by atoms with E-state index in [1.807, 2.05) is 0 Å². The quantitative estimate of drug-likeness (QED) is 0.0879. The lowest BCUT2D eigenvalue weighted by Gasteiger charge is -2.42. The molecule has 204 valence electrons. The van der Waals surface area contributed by atoms with Crippen LogP contribution in [0.1, 0.15) is 32.0 Å². The number of rotatable bonds is 10. The van der Waals surface area contributed by atoms with Crippen LogP contribution in [-0.4, -0.2) is 68.4 Å². The monoisotopic (exact) mass is 570 g/mol. The molecular formula is C20H22N6O10S2. The number of thiazole rings is 1. The summed E-state index contributed by atoms with van der Waals surface area (Å²) in [7, 11) is -4.80. The molecule has 1 aliphatic rings. The van der Waals surface area contributed by atoms with Gasteiger partial charge in [-0.2, -0.15) is 8.42 Å². The van der Waals surface area contributed by atoms with Crippen molar-refractivity contribution in [2.24, 2.45) is 5.16 Å². The second-order valence-corrected chi connectivity index (χ2v) is 10.6. The highest BCUT2D eigenvalue weighted by Gasteiger charge is 2.51. The number of nitro groups is 1. The highest BCUT2D eigenvalue weighted by molar-refractivity contribution is 7.84. The van der Waals surface area contributed by atoms with Gasteiger partial charge in [-0.25, -0.2) is 14.1 Å². The van der Waals surface area contributed by atoms with Gasteiger partial charge in [-0.1, -0.05) is 5.16 Å². The van der Waals surface area contributed by atoms with Gasteiger partial charge in [0.05, 0.1) is 11.0 Å². The molecule has 4 N–H and O–H groups in total. The Labute approximate surface area is 219 Å². The molecule has 0 spiro atoms. The van der Waals surface area contributed by atoms with Crippen LogP contribution in [-0.2, 0) is 40.9 Å². The van der Waals surface area contributed by atoms with Crippen LogP contribution in [0.5, 0.6) is 0 Å². The summed E-state index contributed by atoms with van der Waals surface area (Å²) in [6, 6.07) is 2.95. The molecule has 0 bridgehead atoms. The number of aromatic nitrogens is 1. The maximum Gasteiger partial charge on any atom is 0.362 e. The zero-order chi connectivity index (χ0) is 28.4. The molecular weight excluding hydrogens is 548 g/mol. The SMILES string of the molecule is C[C@@H]1[C@H](NC(=O)C(=NOC(C)(C)C(=O)OCc2ccc([N+](=O)[O-])cc2)c2csc(N)n2)C(=O)N1S(=O)(=O)O. The van der Waals surface area contributed by atoms with E-state index in [0.29, 0.717) is 5.56 Å². The third-order valence-corrected chi connectivity index (χ3v) is 6.91. The fourth-order valence-electron chi connectivity index (χ4n) is 3.15. The number of nitrogens with two attached hydrogens (primary N) is 1. The van der Waals surface area contributed by atoms with Crippen molar-refractivity contribution in [3.05, 3.63) is 51.0 Å². The van der Waals surface area contributed by atoms with Crippen molar-refractivity contribution < 1.29 is 41.9 Å². The molecule has 0 unspecified atom stereocenters. The van der Waals surface area contributed by atoms with Crippen molar-refractivity contribution in [3.63, 3.8) is 0 Å². The van der Waals surface area contributed by atoms with E-state index in [4.69, 9.17) is 19.9 Å². The smallest absolute Gasteiger partial charge is 0.362 e. The van der Waals surface area contributed by atoms with Gasteiger partial charge in [0, 0.05) is 17.5 Å². The van der Waals surface area contributed by atoms with Gasteiger partial charge in [-0.3, -0.25) is 24.3 Å². The van der Waals surface area contributed by atoms with Crippen LogP contribution >= 0.6 is 11.3 Å². The van der Waals surface area contributed by atoms with Crippen LogP contribution < -0.4 is 11.1 Å². The second-order valence-electron chi connectivity index (χ2n) is 8.42. The third-order valence-electron chi connectivity index (χ3n) is 5.22.